The highest BCUT2D eigenvalue weighted by atomic mass is 16.1. The highest BCUT2D eigenvalue weighted by Gasteiger charge is 2.21. The van der Waals surface area contributed by atoms with Gasteiger partial charge in [0.1, 0.15) is 5.82 Å². The fourth-order valence-corrected chi connectivity index (χ4v) is 1.38. The van der Waals surface area contributed by atoms with Gasteiger partial charge < -0.3 is 16.0 Å². The number of aryl methyl sites for hydroxylation is 1. The van der Waals surface area contributed by atoms with E-state index in [1.807, 2.05) is 21.0 Å². The highest BCUT2D eigenvalue weighted by Crippen LogP contribution is 2.10. The van der Waals surface area contributed by atoms with E-state index in [0.717, 1.165) is 5.69 Å². The lowest BCUT2D eigenvalue weighted by atomic mass is 10.0. The maximum Gasteiger partial charge on any atom is 0.251 e. The van der Waals surface area contributed by atoms with E-state index in [2.05, 4.69) is 29.0 Å². The molecule has 0 aliphatic carbocycles. The molecular formula is C13H22N4O. The number of carbonyl (C=O) groups is 1. The molecule has 5 heteroatoms. The maximum absolute atomic E-state index is 12.0. The van der Waals surface area contributed by atoms with Crippen molar-refractivity contribution in [2.75, 3.05) is 26.4 Å². The van der Waals surface area contributed by atoms with Crippen LogP contribution in [-0.4, -0.2) is 42.0 Å². The Hall–Kier alpha value is -1.62. The van der Waals surface area contributed by atoms with Crippen LogP contribution in [0.5, 0.6) is 0 Å². The summed E-state index contributed by atoms with van der Waals surface area (Å²) in [5.74, 6) is 0.245. The van der Waals surface area contributed by atoms with E-state index in [1.165, 1.54) is 0 Å². The van der Waals surface area contributed by atoms with E-state index in [9.17, 15) is 4.79 Å². The topological polar surface area (TPSA) is 71.2 Å². The van der Waals surface area contributed by atoms with Gasteiger partial charge in [-0.15, -0.1) is 0 Å². The summed E-state index contributed by atoms with van der Waals surface area (Å²) in [4.78, 5) is 18.1. The van der Waals surface area contributed by atoms with Crippen molar-refractivity contribution in [1.82, 2.24) is 15.2 Å². The van der Waals surface area contributed by atoms with Crippen molar-refractivity contribution in [1.29, 1.82) is 0 Å². The average Bonchev–Trinajstić information content (AvgIpc) is 2.24. The van der Waals surface area contributed by atoms with Crippen molar-refractivity contribution in [3.8, 4) is 0 Å². The third kappa shape index (κ3) is 3.70. The smallest absolute Gasteiger partial charge is 0.251 e. The zero-order valence-electron chi connectivity index (χ0n) is 11.7. The number of rotatable bonds is 4. The average molecular weight is 250 g/mol. The number of nitrogen functional groups attached to an aromatic ring is 1. The van der Waals surface area contributed by atoms with Gasteiger partial charge in [-0.3, -0.25) is 4.79 Å². The molecule has 1 heterocycles. The van der Waals surface area contributed by atoms with Crippen LogP contribution < -0.4 is 11.1 Å². The number of pyridine rings is 1. The van der Waals surface area contributed by atoms with Crippen LogP contribution >= 0.6 is 0 Å². The number of hydrogen-bond donors (Lipinski definition) is 2. The second kappa shape index (κ2) is 5.35. The van der Waals surface area contributed by atoms with Gasteiger partial charge in [-0.25, -0.2) is 4.98 Å². The van der Waals surface area contributed by atoms with Crippen molar-refractivity contribution >= 4 is 11.7 Å². The summed E-state index contributed by atoms with van der Waals surface area (Å²) in [6, 6.07) is 3.32. The Morgan fingerprint density at radius 2 is 2.06 bits per heavy atom. The minimum absolute atomic E-state index is 0.0940. The van der Waals surface area contributed by atoms with E-state index in [1.54, 1.807) is 12.1 Å². The van der Waals surface area contributed by atoms with Crippen molar-refractivity contribution in [3.63, 3.8) is 0 Å². The Morgan fingerprint density at radius 1 is 1.44 bits per heavy atom. The van der Waals surface area contributed by atoms with Gasteiger partial charge in [0.05, 0.1) is 0 Å². The summed E-state index contributed by atoms with van der Waals surface area (Å²) in [6.07, 6.45) is 0. The fourth-order valence-electron chi connectivity index (χ4n) is 1.38. The molecule has 0 aromatic carbocycles. The lowest BCUT2D eigenvalue weighted by molar-refractivity contribution is 0.0919. The first-order valence-corrected chi connectivity index (χ1v) is 5.92. The van der Waals surface area contributed by atoms with Gasteiger partial charge in [-0.2, -0.15) is 0 Å². The molecule has 0 fully saturated rings. The van der Waals surface area contributed by atoms with Crippen molar-refractivity contribution in [3.05, 3.63) is 23.4 Å². The molecule has 1 rings (SSSR count). The SMILES string of the molecule is Cc1cc(C(=O)NCC(C)(C)N(C)C)cc(N)n1. The first-order chi connectivity index (χ1) is 8.22. The Bertz CT molecular complexity index is 420. The second-order valence-electron chi connectivity index (χ2n) is 5.31. The monoisotopic (exact) mass is 250 g/mol. The number of hydrogen-bond acceptors (Lipinski definition) is 4. The van der Waals surface area contributed by atoms with E-state index >= 15 is 0 Å². The Morgan fingerprint density at radius 3 is 2.56 bits per heavy atom. The van der Waals surface area contributed by atoms with Crippen LogP contribution in [0, 0.1) is 6.92 Å². The van der Waals surface area contributed by atoms with Crippen molar-refractivity contribution in [2.24, 2.45) is 0 Å². The molecule has 3 N–H and O–H groups in total. The predicted octanol–water partition coefficient (Wildman–Crippen LogP) is 1.04. The number of nitrogens with two attached hydrogens (primary N) is 1. The van der Waals surface area contributed by atoms with E-state index in [4.69, 9.17) is 5.73 Å². The second-order valence-corrected chi connectivity index (χ2v) is 5.31. The lowest BCUT2D eigenvalue weighted by Gasteiger charge is -2.32. The van der Waals surface area contributed by atoms with Crippen LogP contribution in [-0.2, 0) is 0 Å². The number of amides is 1. The molecule has 0 spiro atoms. The molecule has 0 bridgehead atoms. The van der Waals surface area contributed by atoms with E-state index in [0.29, 0.717) is 17.9 Å². The third-order valence-electron chi connectivity index (χ3n) is 3.13. The largest absolute Gasteiger partial charge is 0.384 e. The fraction of sp³-hybridized carbons (Fsp3) is 0.538. The molecule has 1 aromatic heterocycles. The zero-order chi connectivity index (χ0) is 13.9. The molecule has 1 amide bonds. The van der Waals surface area contributed by atoms with Gasteiger partial charge in [-0.1, -0.05) is 0 Å². The maximum atomic E-state index is 12.0. The summed E-state index contributed by atoms with van der Waals surface area (Å²) in [5.41, 5.74) is 6.83. The molecule has 1 aromatic rings. The normalized spacial score (nSPS) is 11.7. The van der Waals surface area contributed by atoms with Crippen LogP contribution in [0.15, 0.2) is 12.1 Å². The summed E-state index contributed by atoms with van der Waals surface area (Å²) < 4.78 is 0. The van der Waals surface area contributed by atoms with Crippen molar-refractivity contribution in [2.45, 2.75) is 26.3 Å². The van der Waals surface area contributed by atoms with E-state index in [-0.39, 0.29) is 11.4 Å². The quantitative estimate of drug-likeness (QED) is 0.837. The summed E-state index contributed by atoms with van der Waals surface area (Å²) in [7, 11) is 3.97. The first kappa shape index (κ1) is 14.4. The van der Waals surface area contributed by atoms with Gasteiger partial charge in [0.2, 0.25) is 0 Å². The predicted molar refractivity (Wildman–Crippen MR) is 73.5 cm³/mol. The summed E-state index contributed by atoms with van der Waals surface area (Å²) in [5, 5.41) is 2.91. The Kier molecular flexibility index (Phi) is 4.29. The number of anilines is 1. The zero-order valence-corrected chi connectivity index (χ0v) is 11.7. The Balaban J connectivity index is 2.72. The summed E-state index contributed by atoms with van der Waals surface area (Å²) in [6.45, 7) is 6.52. The number of carbonyl (C=O) groups excluding carboxylic acids is 1. The van der Waals surface area contributed by atoms with Crippen LogP contribution in [0.1, 0.15) is 29.9 Å². The number of likely N-dealkylation sites (N-methyl/N-ethyl adjacent to an activating group) is 1. The van der Waals surface area contributed by atoms with Crippen LogP contribution in [0.3, 0.4) is 0 Å². The standard InChI is InChI=1S/C13H22N4O/c1-9-6-10(7-11(14)16-9)12(18)15-8-13(2,3)17(4)5/h6-7H,8H2,1-5H3,(H2,14,16)(H,15,18). The van der Waals surface area contributed by atoms with Crippen LogP contribution in [0.4, 0.5) is 5.82 Å². The minimum atomic E-state index is -0.123. The summed E-state index contributed by atoms with van der Waals surface area (Å²) >= 11 is 0. The number of nitrogens with one attached hydrogen (secondary N) is 1. The number of nitrogens with zero attached hydrogens (tertiary/aromatic N) is 2. The molecule has 0 unspecified atom stereocenters. The minimum Gasteiger partial charge on any atom is -0.384 e. The van der Waals surface area contributed by atoms with Gasteiger partial charge in [0, 0.05) is 23.3 Å². The Labute approximate surface area is 108 Å². The molecule has 0 aliphatic heterocycles. The molecule has 0 saturated heterocycles. The van der Waals surface area contributed by atoms with Gasteiger partial charge >= 0.3 is 0 Å². The van der Waals surface area contributed by atoms with Crippen molar-refractivity contribution < 1.29 is 4.79 Å². The molecule has 5 nitrogen and oxygen atoms in total. The van der Waals surface area contributed by atoms with Gasteiger partial charge in [-0.05, 0) is 47.0 Å². The molecule has 100 valence electrons. The molecule has 0 atom stereocenters. The first-order valence-electron chi connectivity index (χ1n) is 5.92. The number of aromatic nitrogens is 1. The van der Waals surface area contributed by atoms with E-state index < -0.39 is 0 Å². The van der Waals surface area contributed by atoms with Crippen LogP contribution in [0.25, 0.3) is 0 Å². The van der Waals surface area contributed by atoms with Crippen LogP contribution in [0.2, 0.25) is 0 Å². The lowest BCUT2D eigenvalue weighted by Crippen LogP contribution is -2.48. The molecule has 18 heavy (non-hydrogen) atoms. The highest BCUT2D eigenvalue weighted by molar-refractivity contribution is 5.94. The van der Waals surface area contributed by atoms with Gasteiger partial charge in [0.25, 0.3) is 5.91 Å². The molecule has 0 radical (unpaired) electrons. The van der Waals surface area contributed by atoms with Gasteiger partial charge in [0.15, 0.2) is 0 Å². The molecule has 0 saturated carbocycles. The molecule has 0 aliphatic rings. The molecular weight excluding hydrogens is 228 g/mol. The third-order valence-corrected chi connectivity index (χ3v) is 3.13.